The smallest absolute Gasteiger partial charge is 0.460 e. The third-order valence-corrected chi connectivity index (χ3v) is 4.08. The Morgan fingerprint density at radius 1 is 0.562 bits per heavy atom. The van der Waals surface area contributed by atoms with Crippen LogP contribution < -0.4 is 10.0 Å². The molecule has 18 heteroatoms. The average molecular weight is 515 g/mol. The van der Waals surface area contributed by atoms with Crippen molar-refractivity contribution in [1.29, 1.82) is 0 Å². The van der Waals surface area contributed by atoms with Gasteiger partial charge in [0.25, 0.3) is 0 Å². The first-order valence-corrected chi connectivity index (χ1v) is 8.17. The summed E-state index contributed by atoms with van der Waals surface area (Å²) in [5.41, 5.74) is 0. The molecule has 0 saturated heterocycles. The highest BCUT2D eigenvalue weighted by molar-refractivity contribution is 5.75. The van der Waals surface area contributed by atoms with Crippen molar-refractivity contribution in [3.63, 3.8) is 0 Å². The van der Waals surface area contributed by atoms with Crippen LogP contribution in [0.3, 0.4) is 0 Å². The molecule has 0 saturated carbocycles. The van der Waals surface area contributed by atoms with Crippen molar-refractivity contribution in [3.8, 4) is 0 Å². The first-order valence-electron chi connectivity index (χ1n) is 8.17. The molecule has 0 bridgehead atoms. The van der Waals surface area contributed by atoms with Gasteiger partial charge in [0, 0.05) is 0 Å². The number of alkyl halides is 15. The van der Waals surface area contributed by atoms with Crippen molar-refractivity contribution < 1.29 is 80.7 Å². The molecular formula is C14H16F15NO2. The molecule has 0 aliphatic carbocycles. The molecule has 194 valence electrons. The lowest BCUT2D eigenvalue weighted by atomic mass is 9.91. The molecule has 0 aromatic heterocycles. The molecule has 0 aliphatic heterocycles. The molecule has 0 aromatic carbocycles. The second-order valence-electron chi connectivity index (χ2n) is 6.04. The molecular weight excluding hydrogens is 499 g/mol. The number of carbonyl (C=O) groups excluding carboxylic acids is 1. The van der Waals surface area contributed by atoms with Crippen LogP contribution in [0.5, 0.6) is 0 Å². The van der Waals surface area contributed by atoms with Crippen LogP contribution in [0, 0.1) is 0 Å². The Hall–Kier alpha value is -1.62. The van der Waals surface area contributed by atoms with Crippen molar-refractivity contribution in [2.45, 2.75) is 62.5 Å². The lowest BCUT2D eigenvalue weighted by Crippen LogP contribution is -3.11. The summed E-state index contributed by atoms with van der Waals surface area (Å²) in [6.07, 6.45) is -7.71. The quantitative estimate of drug-likeness (QED) is 0.481. The summed E-state index contributed by atoms with van der Waals surface area (Å²) in [6.45, 7) is 10.5. The zero-order valence-electron chi connectivity index (χ0n) is 16.1. The van der Waals surface area contributed by atoms with Crippen LogP contribution in [-0.2, 0) is 4.79 Å². The van der Waals surface area contributed by atoms with Gasteiger partial charge in [-0.1, -0.05) is 0 Å². The Balaban J connectivity index is 0. The minimum atomic E-state index is -8.50. The van der Waals surface area contributed by atoms with Gasteiger partial charge in [-0.25, -0.2) is 0 Å². The van der Waals surface area contributed by atoms with E-state index in [4.69, 9.17) is 0 Å². The summed E-state index contributed by atoms with van der Waals surface area (Å²) in [7, 11) is 0. The van der Waals surface area contributed by atoms with E-state index in [1.165, 1.54) is 19.6 Å². The van der Waals surface area contributed by atoms with Gasteiger partial charge in [-0.15, -0.1) is 0 Å². The average Bonchev–Trinajstić information content (AvgIpc) is 2.61. The van der Waals surface area contributed by atoms with E-state index < -0.39 is 47.7 Å². The molecule has 0 atom stereocenters. The molecule has 0 unspecified atom stereocenters. The van der Waals surface area contributed by atoms with Crippen LogP contribution >= 0.6 is 0 Å². The molecule has 0 rings (SSSR count). The number of carboxylic acids is 1. The highest BCUT2D eigenvalue weighted by atomic mass is 19.4. The molecule has 0 fully saturated rings. The van der Waals surface area contributed by atoms with E-state index in [0.717, 1.165) is 0 Å². The fraction of sp³-hybridized carbons (Fsp3) is 0.929. The number of quaternary nitrogens is 1. The summed E-state index contributed by atoms with van der Waals surface area (Å²) >= 11 is 0. The van der Waals surface area contributed by atoms with Crippen molar-refractivity contribution in [3.05, 3.63) is 0 Å². The van der Waals surface area contributed by atoms with Crippen molar-refractivity contribution >= 4 is 5.97 Å². The summed E-state index contributed by atoms with van der Waals surface area (Å²) < 4.78 is 186. The first kappa shape index (κ1) is 32.6. The molecule has 0 aliphatic rings. The third-order valence-electron chi connectivity index (χ3n) is 4.08. The highest BCUT2D eigenvalue weighted by Crippen LogP contribution is 2.62. The number of hydrogen-bond acceptors (Lipinski definition) is 2. The number of carbonyl (C=O) groups is 1. The van der Waals surface area contributed by atoms with Gasteiger partial charge in [0.15, 0.2) is 0 Å². The summed E-state index contributed by atoms with van der Waals surface area (Å²) in [6, 6.07) is 0. The van der Waals surface area contributed by atoms with Gasteiger partial charge in [0.2, 0.25) is 0 Å². The van der Waals surface area contributed by atoms with Crippen LogP contribution in [0.4, 0.5) is 65.9 Å². The Bertz CT molecular complexity index is 621. The molecule has 0 aromatic rings. The van der Waals surface area contributed by atoms with E-state index in [0.29, 0.717) is 0 Å². The molecule has 0 heterocycles. The minimum Gasteiger partial charge on any atom is -0.544 e. The van der Waals surface area contributed by atoms with Crippen molar-refractivity contribution in [1.82, 2.24) is 0 Å². The van der Waals surface area contributed by atoms with Crippen LogP contribution in [0.1, 0.15) is 20.8 Å². The van der Waals surface area contributed by atoms with Gasteiger partial charge in [0.1, 0.15) is 5.97 Å². The van der Waals surface area contributed by atoms with Crippen LogP contribution in [0.15, 0.2) is 0 Å². The van der Waals surface area contributed by atoms with E-state index >= 15 is 0 Å². The summed E-state index contributed by atoms with van der Waals surface area (Å²) in [5, 5.41) is 9.61. The van der Waals surface area contributed by atoms with Gasteiger partial charge in [-0.3, -0.25) is 0 Å². The van der Waals surface area contributed by atoms with Crippen LogP contribution in [0.25, 0.3) is 0 Å². The SMILES string of the molecule is CC[NH+](CC)CC.O=C([O-])C(F)(F)C(F)(F)C(F)(F)C(F)(F)C(F)(F)C(F)(F)C(F)(F)F. The molecule has 0 spiro atoms. The predicted molar refractivity (Wildman–Crippen MR) is 73.3 cm³/mol. The second kappa shape index (κ2) is 9.70. The van der Waals surface area contributed by atoms with E-state index in [-0.39, 0.29) is 0 Å². The Morgan fingerprint density at radius 2 is 0.812 bits per heavy atom. The maximum absolute atomic E-state index is 12.8. The molecule has 32 heavy (non-hydrogen) atoms. The second-order valence-corrected chi connectivity index (χ2v) is 6.04. The first-order chi connectivity index (χ1) is 13.8. The number of rotatable bonds is 9. The monoisotopic (exact) mass is 515 g/mol. The minimum absolute atomic E-state index is 1.27. The van der Waals surface area contributed by atoms with Gasteiger partial charge in [0.05, 0.1) is 19.6 Å². The number of hydrogen-bond donors (Lipinski definition) is 1. The summed E-state index contributed by atoms with van der Waals surface area (Å²) in [5.74, 6) is -53.3. The third kappa shape index (κ3) is 5.13. The normalized spacial score (nSPS) is 14.8. The molecule has 0 radical (unpaired) electrons. The maximum atomic E-state index is 12.8. The van der Waals surface area contributed by atoms with Crippen molar-refractivity contribution in [2.24, 2.45) is 0 Å². The summed E-state index contributed by atoms with van der Waals surface area (Å²) in [4.78, 5) is 11.3. The number of halogens is 15. The fourth-order valence-corrected chi connectivity index (χ4v) is 1.84. The van der Waals surface area contributed by atoms with Crippen LogP contribution in [-0.4, -0.2) is 67.3 Å². The lowest BCUT2D eigenvalue weighted by Gasteiger charge is -2.41. The predicted octanol–water partition coefficient (Wildman–Crippen LogP) is 3.04. The van der Waals surface area contributed by atoms with Gasteiger partial charge >= 0.3 is 41.7 Å². The standard InChI is InChI=1S/C8HF15O2.C6H15N/c9-2(10,1(24)25)3(11,12)4(13,14)5(15,16)6(17,18)7(19,20)8(21,22)23;1-4-7(5-2)6-3/h(H,24,25);4-6H2,1-3H3. The van der Waals surface area contributed by atoms with E-state index in [1.807, 2.05) is 0 Å². The topological polar surface area (TPSA) is 44.6 Å². The molecule has 0 amide bonds. The van der Waals surface area contributed by atoms with E-state index in [1.54, 1.807) is 4.90 Å². The highest BCUT2D eigenvalue weighted by Gasteiger charge is 2.93. The maximum Gasteiger partial charge on any atom is 0.460 e. The van der Waals surface area contributed by atoms with Crippen LogP contribution in [0.2, 0.25) is 0 Å². The lowest BCUT2D eigenvalue weighted by molar-refractivity contribution is -0.894. The van der Waals surface area contributed by atoms with E-state index in [9.17, 15) is 75.8 Å². The molecule has 1 N–H and O–H groups in total. The van der Waals surface area contributed by atoms with Gasteiger partial charge in [-0.05, 0) is 20.8 Å². The van der Waals surface area contributed by atoms with Gasteiger partial charge < -0.3 is 14.8 Å². The zero-order chi connectivity index (χ0) is 26.8. The van der Waals surface area contributed by atoms with E-state index in [2.05, 4.69) is 20.8 Å². The van der Waals surface area contributed by atoms with Crippen molar-refractivity contribution in [2.75, 3.05) is 19.6 Å². The van der Waals surface area contributed by atoms with Gasteiger partial charge in [-0.2, -0.15) is 65.9 Å². The molecule has 3 nitrogen and oxygen atoms in total. The number of nitrogens with one attached hydrogen (secondary N) is 1. The fourth-order valence-electron chi connectivity index (χ4n) is 1.84. The zero-order valence-corrected chi connectivity index (χ0v) is 16.1. The largest absolute Gasteiger partial charge is 0.544 e. The number of aliphatic carboxylic acids is 1. The Kier molecular flexibility index (Phi) is 9.87. The number of carboxylic acid groups (broad SMARTS) is 1. The Morgan fingerprint density at radius 3 is 1.00 bits per heavy atom. The Labute approximate surface area is 170 Å².